The normalized spacial score (nSPS) is 12.9. The van der Waals surface area contributed by atoms with Gasteiger partial charge in [-0.25, -0.2) is 0 Å². The van der Waals surface area contributed by atoms with Crippen molar-refractivity contribution in [3.05, 3.63) is 34.4 Å². The van der Waals surface area contributed by atoms with Gasteiger partial charge in [0.2, 0.25) is 0 Å². The Kier molecular flexibility index (Phi) is 4.47. The van der Waals surface area contributed by atoms with Crippen LogP contribution in [0, 0.1) is 32.6 Å². The van der Waals surface area contributed by atoms with E-state index in [4.69, 9.17) is 5.73 Å². The van der Waals surface area contributed by atoms with Crippen LogP contribution in [0.25, 0.3) is 0 Å². The number of ketones is 1. The van der Waals surface area contributed by atoms with Crippen LogP contribution in [-0.4, -0.2) is 12.3 Å². The van der Waals surface area contributed by atoms with E-state index >= 15 is 0 Å². The second-order valence-electron chi connectivity index (χ2n) is 5.13. The lowest BCUT2D eigenvalue weighted by Crippen LogP contribution is -2.29. The predicted molar refractivity (Wildman–Crippen MR) is 72.4 cm³/mol. The zero-order chi connectivity index (χ0) is 13.2. The Morgan fingerprint density at radius 2 is 1.76 bits per heavy atom. The maximum atomic E-state index is 12.4. The van der Waals surface area contributed by atoms with Crippen LogP contribution < -0.4 is 5.73 Å². The van der Waals surface area contributed by atoms with E-state index in [-0.39, 0.29) is 17.6 Å². The number of Topliss-reactive ketones (excluding diaryl/α,β-unsaturated/α-hetero) is 1. The molecule has 94 valence electrons. The Morgan fingerprint density at radius 1 is 1.18 bits per heavy atom. The second-order valence-corrected chi connectivity index (χ2v) is 5.13. The van der Waals surface area contributed by atoms with Gasteiger partial charge in [-0.2, -0.15) is 0 Å². The number of hydrogen-bond donors (Lipinski definition) is 1. The summed E-state index contributed by atoms with van der Waals surface area (Å²) in [6, 6.07) is 3.95. The van der Waals surface area contributed by atoms with Crippen LogP contribution in [0.15, 0.2) is 12.1 Å². The minimum Gasteiger partial charge on any atom is -0.330 e. The molecular formula is C15H23NO. The molecular weight excluding hydrogens is 210 g/mol. The summed E-state index contributed by atoms with van der Waals surface area (Å²) in [7, 11) is 0. The fraction of sp³-hybridized carbons (Fsp3) is 0.533. The Labute approximate surface area is 104 Å². The van der Waals surface area contributed by atoms with Crippen molar-refractivity contribution in [2.24, 2.45) is 17.6 Å². The highest BCUT2D eigenvalue weighted by molar-refractivity contribution is 5.99. The van der Waals surface area contributed by atoms with E-state index < -0.39 is 0 Å². The van der Waals surface area contributed by atoms with Gasteiger partial charge in [0.15, 0.2) is 5.78 Å². The smallest absolute Gasteiger partial charge is 0.167 e. The van der Waals surface area contributed by atoms with Gasteiger partial charge in [-0.15, -0.1) is 0 Å². The number of aryl methyl sites for hydroxylation is 1. The van der Waals surface area contributed by atoms with Gasteiger partial charge < -0.3 is 5.73 Å². The summed E-state index contributed by atoms with van der Waals surface area (Å²) < 4.78 is 0. The molecule has 1 atom stereocenters. The van der Waals surface area contributed by atoms with Crippen molar-refractivity contribution >= 4 is 5.78 Å². The SMILES string of the molecule is Cc1ccc(C(=O)C(CN)C(C)C)c(C)c1C. The van der Waals surface area contributed by atoms with E-state index in [0.29, 0.717) is 6.54 Å². The van der Waals surface area contributed by atoms with Gasteiger partial charge in [0.05, 0.1) is 0 Å². The summed E-state index contributed by atoms with van der Waals surface area (Å²) in [4.78, 5) is 12.4. The summed E-state index contributed by atoms with van der Waals surface area (Å²) in [5.74, 6) is 0.396. The first-order valence-corrected chi connectivity index (χ1v) is 6.21. The molecule has 0 spiro atoms. The molecule has 2 heteroatoms. The number of carbonyl (C=O) groups excluding carboxylic acids is 1. The number of nitrogens with two attached hydrogens (primary N) is 1. The molecule has 0 fully saturated rings. The fourth-order valence-electron chi connectivity index (χ4n) is 2.10. The molecule has 0 saturated carbocycles. The van der Waals surface area contributed by atoms with Crippen LogP contribution >= 0.6 is 0 Å². The van der Waals surface area contributed by atoms with Gasteiger partial charge in [-0.3, -0.25) is 4.79 Å². The summed E-state index contributed by atoms with van der Waals surface area (Å²) in [5, 5.41) is 0. The molecule has 2 N–H and O–H groups in total. The molecule has 0 aromatic heterocycles. The topological polar surface area (TPSA) is 43.1 Å². The highest BCUT2D eigenvalue weighted by Crippen LogP contribution is 2.22. The number of carbonyl (C=O) groups is 1. The van der Waals surface area contributed by atoms with Crippen LogP contribution in [0.4, 0.5) is 0 Å². The zero-order valence-electron chi connectivity index (χ0n) is 11.5. The van der Waals surface area contributed by atoms with Gasteiger partial charge in [0.25, 0.3) is 0 Å². The van der Waals surface area contributed by atoms with E-state index in [1.165, 1.54) is 11.1 Å². The highest BCUT2D eigenvalue weighted by atomic mass is 16.1. The number of benzene rings is 1. The molecule has 0 bridgehead atoms. The third kappa shape index (κ3) is 2.75. The molecule has 1 aromatic carbocycles. The Balaban J connectivity index is 3.17. The van der Waals surface area contributed by atoms with Crippen molar-refractivity contribution in [1.29, 1.82) is 0 Å². The third-order valence-electron chi connectivity index (χ3n) is 3.72. The lowest BCUT2D eigenvalue weighted by molar-refractivity contribution is 0.0891. The molecule has 0 aliphatic rings. The number of hydrogen-bond acceptors (Lipinski definition) is 2. The summed E-state index contributed by atoms with van der Waals surface area (Å²) in [5.41, 5.74) is 10.1. The summed E-state index contributed by atoms with van der Waals surface area (Å²) >= 11 is 0. The first-order chi connectivity index (χ1) is 7.90. The second kappa shape index (κ2) is 5.46. The maximum absolute atomic E-state index is 12.4. The molecule has 1 rings (SSSR count). The quantitative estimate of drug-likeness (QED) is 0.812. The average molecular weight is 233 g/mol. The monoisotopic (exact) mass is 233 g/mol. The molecule has 0 aliphatic heterocycles. The molecule has 1 unspecified atom stereocenters. The first kappa shape index (κ1) is 13.9. The van der Waals surface area contributed by atoms with Crippen molar-refractivity contribution in [2.75, 3.05) is 6.54 Å². The number of rotatable bonds is 4. The van der Waals surface area contributed by atoms with Crippen molar-refractivity contribution in [3.63, 3.8) is 0 Å². The van der Waals surface area contributed by atoms with E-state index in [1.54, 1.807) is 0 Å². The van der Waals surface area contributed by atoms with Crippen LogP contribution in [0.1, 0.15) is 40.9 Å². The van der Waals surface area contributed by atoms with Crippen molar-refractivity contribution in [2.45, 2.75) is 34.6 Å². The predicted octanol–water partition coefficient (Wildman–Crippen LogP) is 3.03. The minimum absolute atomic E-state index is 0.0733. The van der Waals surface area contributed by atoms with E-state index in [9.17, 15) is 4.79 Å². The largest absolute Gasteiger partial charge is 0.330 e. The zero-order valence-corrected chi connectivity index (χ0v) is 11.5. The van der Waals surface area contributed by atoms with E-state index in [1.807, 2.05) is 32.9 Å². The average Bonchev–Trinajstić information content (AvgIpc) is 2.26. The molecule has 0 aliphatic carbocycles. The van der Waals surface area contributed by atoms with Gasteiger partial charge in [-0.05, 0) is 43.4 Å². The Hall–Kier alpha value is -1.15. The highest BCUT2D eigenvalue weighted by Gasteiger charge is 2.23. The van der Waals surface area contributed by atoms with Crippen molar-refractivity contribution in [3.8, 4) is 0 Å². The van der Waals surface area contributed by atoms with Crippen LogP contribution in [-0.2, 0) is 0 Å². The minimum atomic E-state index is -0.0733. The lowest BCUT2D eigenvalue weighted by atomic mass is 9.85. The van der Waals surface area contributed by atoms with Crippen LogP contribution in [0.5, 0.6) is 0 Å². The molecule has 0 heterocycles. The lowest BCUT2D eigenvalue weighted by Gasteiger charge is -2.19. The summed E-state index contributed by atoms with van der Waals surface area (Å²) in [6.07, 6.45) is 0. The van der Waals surface area contributed by atoms with Gasteiger partial charge in [0, 0.05) is 18.0 Å². The Bertz CT molecular complexity index is 421. The van der Waals surface area contributed by atoms with Gasteiger partial charge in [-0.1, -0.05) is 26.0 Å². The van der Waals surface area contributed by atoms with Crippen molar-refractivity contribution < 1.29 is 4.79 Å². The van der Waals surface area contributed by atoms with Gasteiger partial charge >= 0.3 is 0 Å². The standard InChI is InChI=1S/C15H23NO/c1-9(2)14(8-16)15(17)13-7-6-10(3)11(4)12(13)5/h6-7,9,14H,8,16H2,1-5H3. The third-order valence-corrected chi connectivity index (χ3v) is 3.72. The Morgan fingerprint density at radius 3 is 2.24 bits per heavy atom. The molecule has 0 amide bonds. The molecule has 0 saturated heterocycles. The maximum Gasteiger partial charge on any atom is 0.167 e. The molecule has 1 aromatic rings. The van der Waals surface area contributed by atoms with Gasteiger partial charge in [0.1, 0.15) is 0 Å². The van der Waals surface area contributed by atoms with Crippen LogP contribution in [0.3, 0.4) is 0 Å². The van der Waals surface area contributed by atoms with Crippen molar-refractivity contribution in [1.82, 2.24) is 0 Å². The summed E-state index contributed by atoms with van der Waals surface area (Å²) in [6.45, 7) is 10.7. The van der Waals surface area contributed by atoms with E-state index in [2.05, 4.69) is 13.8 Å². The first-order valence-electron chi connectivity index (χ1n) is 6.21. The molecule has 0 radical (unpaired) electrons. The molecule has 17 heavy (non-hydrogen) atoms. The molecule has 2 nitrogen and oxygen atoms in total. The van der Waals surface area contributed by atoms with Crippen LogP contribution in [0.2, 0.25) is 0 Å². The fourth-order valence-corrected chi connectivity index (χ4v) is 2.10. The van der Waals surface area contributed by atoms with E-state index in [0.717, 1.165) is 11.1 Å².